The van der Waals surface area contributed by atoms with Crippen LogP contribution in [0.2, 0.25) is 5.02 Å². The summed E-state index contributed by atoms with van der Waals surface area (Å²) < 4.78 is 5.60. The molecular formula is C13H9ClO2S. The molecular weight excluding hydrogens is 256 g/mol. The molecule has 0 aliphatic heterocycles. The van der Waals surface area contributed by atoms with E-state index >= 15 is 0 Å². The molecule has 0 N–H and O–H groups in total. The molecule has 0 saturated carbocycles. The van der Waals surface area contributed by atoms with Crippen LogP contribution >= 0.6 is 24.2 Å². The molecule has 2 nitrogen and oxygen atoms in total. The normalized spacial score (nSPS) is 10.0. The molecule has 0 amide bonds. The Hall–Kier alpha value is -1.45. The minimum atomic E-state index is -0.415. The fourth-order valence-corrected chi connectivity index (χ4v) is 1.96. The zero-order chi connectivity index (χ0) is 12.3. The van der Waals surface area contributed by atoms with Gasteiger partial charge in [-0.25, -0.2) is 0 Å². The van der Waals surface area contributed by atoms with Crippen molar-refractivity contribution in [2.24, 2.45) is 0 Å². The topological polar surface area (TPSA) is 26.3 Å². The minimum Gasteiger partial charge on any atom is -0.457 e. The van der Waals surface area contributed by atoms with E-state index in [1.54, 1.807) is 30.3 Å². The van der Waals surface area contributed by atoms with Gasteiger partial charge in [-0.1, -0.05) is 35.9 Å². The first-order valence-corrected chi connectivity index (χ1v) is 5.75. The molecule has 0 spiro atoms. The first-order valence-electron chi connectivity index (χ1n) is 4.93. The van der Waals surface area contributed by atoms with Gasteiger partial charge in [0.2, 0.25) is 5.12 Å². The highest BCUT2D eigenvalue weighted by molar-refractivity contribution is 7.97. The molecule has 0 saturated heterocycles. The number of benzene rings is 2. The van der Waals surface area contributed by atoms with Crippen LogP contribution in [0, 0.1) is 0 Å². The first kappa shape index (κ1) is 12.0. The average Bonchev–Trinajstić information content (AvgIpc) is 2.30. The molecule has 0 aliphatic carbocycles. The third kappa shape index (κ3) is 2.81. The van der Waals surface area contributed by atoms with E-state index in [9.17, 15) is 4.79 Å². The lowest BCUT2D eigenvalue weighted by Crippen LogP contribution is -1.96. The van der Waals surface area contributed by atoms with Crippen LogP contribution in [0.15, 0.2) is 48.5 Å². The van der Waals surface area contributed by atoms with Crippen LogP contribution < -0.4 is 4.74 Å². The Morgan fingerprint density at radius 2 is 1.76 bits per heavy atom. The van der Waals surface area contributed by atoms with E-state index in [2.05, 4.69) is 12.6 Å². The van der Waals surface area contributed by atoms with Crippen molar-refractivity contribution < 1.29 is 9.53 Å². The van der Waals surface area contributed by atoms with Gasteiger partial charge in [0.1, 0.15) is 11.5 Å². The molecule has 17 heavy (non-hydrogen) atoms. The fraction of sp³-hybridized carbons (Fsp3) is 0. The molecule has 0 unspecified atom stereocenters. The predicted octanol–water partition coefficient (Wildman–Crippen LogP) is 4.20. The van der Waals surface area contributed by atoms with Crippen molar-refractivity contribution in [2.75, 3.05) is 0 Å². The van der Waals surface area contributed by atoms with Crippen LogP contribution in [0.3, 0.4) is 0 Å². The maximum absolute atomic E-state index is 11.4. The molecule has 0 bridgehead atoms. The van der Waals surface area contributed by atoms with Crippen LogP contribution in [-0.2, 0) is 0 Å². The van der Waals surface area contributed by atoms with Crippen molar-refractivity contribution in [3.05, 3.63) is 59.1 Å². The molecule has 0 fully saturated rings. The molecule has 0 atom stereocenters. The number of halogens is 1. The smallest absolute Gasteiger partial charge is 0.221 e. The molecule has 2 aromatic carbocycles. The summed E-state index contributed by atoms with van der Waals surface area (Å²) in [5, 5.41) is -0.0834. The molecule has 4 heteroatoms. The van der Waals surface area contributed by atoms with Gasteiger partial charge < -0.3 is 4.74 Å². The largest absolute Gasteiger partial charge is 0.457 e. The molecule has 2 aromatic rings. The van der Waals surface area contributed by atoms with Crippen molar-refractivity contribution in [3.63, 3.8) is 0 Å². The summed E-state index contributed by atoms with van der Waals surface area (Å²) in [5.74, 6) is 1.05. The van der Waals surface area contributed by atoms with Gasteiger partial charge in [0, 0.05) is 0 Å². The number of carbonyl (C=O) groups excluding carboxylic acids is 1. The highest BCUT2D eigenvalue weighted by Gasteiger charge is 2.13. The number of rotatable bonds is 3. The van der Waals surface area contributed by atoms with Crippen LogP contribution in [0.4, 0.5) is 0 Å². The van der Waals surface area contributed by atoms with Gasteiger partial charge in [0.25, 0.3) is 0 Å². The Balaban J connectivity index is 2.40. The number of hydrogen-bond donors (Lipinski definition) is 1. The second kappa shape index (κ2) is 5.25. The molecule has 86 valence electrons. The van der Waals surface area contributed by atoms with E-state index in [-0.39, 0.29) is 5.56 Å². The van der Waals surface area contributed by atoms with Gasteiger partial charge in [-0.15, -0.1) is 12.6 Å². The molecule has 0 aliphatic rings. The van der Waals surface area contributed by atoms with Gasteiger partial charge in [0.05, 0.1) is 10.6 Å². The van der Waals surface area contributed by atoms with Crippen LogP contribution in [0.1, 0.15) is 10.4 Å². The molecule has 0 radical (unpaired) electrons. The zero-order valence-electron chi connectivity index (χ0n) is 8.76. The Labute approximate surface area is 110 Å². The van der Waals surface area contributed by atoms with Crippen molar-refractivity contribution >= 4 is 29.3 Å². The van der Waals surface area contributed by atoms with E-state index in [1.165, 1.54) is 0 Å². The van der Waals surface area contributed by atoms with Crippen LogP contribution in [0.5, 0.6) is 11.5 Å². The zero-order valence-corrected chi connectivity index (χ0v) is 10.4. The van der Waals surface area contributed by atoms with E-state index in [4.69, 9.17) is 16.3 Å². The number of para-hydroxylation sites is 1. The summed E-state index contributed by atoms with van der Waals surface area (Å²) >= 11 is 9.73. The van der Waals surface area contributed by atoms with Gasteiger partial charge in [-0.05, 0) is 24.3 Å². The van der Waals surface area contributed by atoms with Gasteiger partial charge in [0.15, 0.2) is 0 Å². The van der Waals surface area contributed by atoms with Crippen molar-refractivity contribution in [1.82, 2.24) is 0 Å². The van der Waals surface area contributed by atoms with Gasteiger partial charge in [-0.3, -0.25) is 4.79 Å². The lowest BCUT2D eigenvalue weighted by Gasteiger charge is -2.09. The molecule has 0 heterocycles. The molecule has 2 rings (SSSR count). The number of ether oxygens (including phenoxy) is 1. The molecule has 0 aromatic heterocycles. The second-order valence-corrected chi connectivity index (χ2v) is 4.15. The van der Waals surface area contributed by atoms with Crippen LogP contribution in [-0.4, -0.2) is 5.12 Å². The van der Waals surface area contributed by atoms with Gasteiger partial charge in [-0.2, -0.15) is 0 Å². The number of thiol groups is 1. The van der Waals surface area contributed by atoms with Crippen molar-refractivity contribution in [3.8, 4) is 11.5 Å². The SMILES string of the molecule is O=C(S)c1c(Cl)cccc1Oc1ccccc1. The lowest BCUT2D eigenvalue weighted by molar-refractivity contribution is 0.108. The van der Waals surface area contributed by atoms with Crippen molar-refractivity contribution in [1.29, 1.82) is 0 Å². The maximum atomic E-state index is 11.4. The Bertz CT molecular complexity index is 540. The standard InChI is InChI=1S/C13H9ClO2S/c14-10-7-4-8-11(12(10)13(15)17)16-9-5-2-1-3-6-9/h1-8H,(H,15,17). The summed E-state index contributed by atoms with van der Waals surface area (Å²) in [6, 6.07) is 14.2. The fourth-order valence-electron chi connectivity index (χ4n) is 1.41. The van der Waals surface area contributed by atoms with E-state index in [1.807, 2.05) is 18.2 Å². The summed E-state index contributed by atoms with van der Waals surface area (Å²) in [6.45, 7) is 0. The second-order valence-electron chi connectivity index (χ2n) is 3.33. The number of hydrogen-bond acceptors (Lipinski definition) is 2. The van der Waals surface area contributed by atoms with E-state index in [0.717, 1.165) is 0 Å². The third-order valence-corrected chi connectivity index (χ3v) is 2.70. The number of carbonyl (C=O) groups is 1. The monoisotopic (exact) mass is 264 g/mol. The van der Waals surface area contributed by atoms with Gasteiger partial charge >= 0.3 is 0 Å². The maximum Gasteiger partial charge on any atom is 0.221 e. The van der Waals surface area contributed by atoms with E-state index < -0.39 is 5.12 Å². The van der Waals surface area contributed by atoms with Crippen LogP contribution in [0.25, 0.3) is 0 Å². The summed E-state index contributed by atoms with van der Waals surface area (Å²) in [7, 11) is 0. The summed E-state index contributed by atoms with van der Waals surface area (Å²) in [4.78, 5) is 11.4. The first-order chi connectivity index (χ1) is 8.18. The Kier molecular flexibility index (Phi) is 3.71. The van der Waals surface area contributed by atoms with Crippen molar-refractivity contribution in [2.45, 2.75) is 0 Å². The van der Waals surface area contributed by atoms with E-state index in [0.29, 0.717) is 16.5 Å². The Morgan fingerprint density at radius 3 is 2.41 bits per heavy atom. The quantitative estimate of drug-likeness (QED) is 0.841. The average molecular weight is 265 g/mol. The third-order valence-electron chi connectivity index (χ3n) is 2.16. The minimum absolute atomic E-state index is 0.279. The lowest BCUT2D eigenvalue weighted by atomic mass is 10.2. The summed E-state index contributed by atoms with van der Waals surface area (Å²) in [6.07, 6.45) is 0. The highest BCUT2D eigenvalue weighted by Crippen LogP contribution is 2.31. The predicted molar refractivity (Wildman–Crippen MR) is 71.3 cm³/mol. The summed E-state index contributed by atoms with van der Waals surface area (Å²) in [5.41, 5.74) is 0.279. The highest BCUT2D eigenvalue weighted by atomic mass is 35.5. The Morgan fingerprint density at radius 1 is 1.06 bits per heavy atom.